The molecule has 2 aromatic rings. The average molecular weight is 343 g/mol. The molecule has 128 valence electrons. The summed E-state index contributed by atoms with van der Waals surface area (Å²) in [4.78, 5) is 1.37. The second-order valence-electron chi connectivity index (χ2n) is 6.17. The van der Waals surface area contributed by atoms with E-state index in [0.717, 1.165) is 17.7 Å². The Morgan fingerprint density at radius 3 is 2.88 bits per heavy atom. The van der Waals surface area contributed by atoms with E-state index < -0.39 is 6.10 Å². The normalized spacial score (nSPS) is 16.2. The van der Waals surface area contributed by atoms with Crippen LogP contribution in [0.2, 0.25) is 0 Å². The quantitative estimate of drug-likeness (QED) is 0.750. The fourth-order valence-corrected chi connectivity index (χ4v) is 3.96. The first-order chi connectivity index (χ1) is 11.7. The van der Waals surface area contributed by atoms with Crippen LogP contribution in [0.15, 0.2) is 53.4 Å². The molecule has 0 aromatic heterocycles. The third-order valence-electron chi connectivity index (χ3n) is 4.33. The SMILES string of the molecule is CC(NCCOc1ccccc1)C(O)c1ccc2c(c1)CCCS2. The number of aryl methyl sites for hydroxylation is 1. The van der Waals surface area contributed by atoms with Crippen LogP contribution < -0.4 is 10.1 Å². The summed E-state index contributed by atoms with van der Waals surface area (Å²) in [5.41, 5.74) is 2.38. The molecule has 0 bridgehead atoms. The number of benzene rings is 2. The van der Waals surface area contributed by atoms with Gasteiger partial charge in [0.05, 0.1) is 6.10 Å². The monoisotopic (exact) mass is 343 g/mol. The van der Waals surface area contributed by atoms with Gasteiger partial charge in [-0.3, -0.25) is 0 Å². The minimum atomic E-state index is -0.501. The summed E-state index contributed by atoms with van der Waals surface area (Å²) >= 11 is 1.92. The summed E-state index contributed by atoms with van der Waals surface area (Å²) in [7, 11) is 0. The van der Waals surface area contributed by atoms with Gasteiger partial charge in [-0.2, -0.15) is 0 Å². The lowest BCUT2D eigenvalue weighted by molar-refractivity contribution is 0.133. The van der Waals surface area contributed by atoms with Gasteiger partial charge in [0.25, 0.3) is 0 Å². The molecular formula is C20H25NO2S. The van der Waals surface area contributed by atoms with E-state index in [0.29, 0.717) is 13.2 Å². The van der Waals surface area contributed by atoms with Crippen molar-refractivity contribution in [1.82, 2.24) is 5.32 Å². The summed E-state index contributed by atoms with van der Waals surface area (Å²) in [5, 5.41) is 13.9. The van der Waals surface area contributed by atoms with Crippen LogP contribution in [0.5, 0.6) is 5.75 Å². The molecule has 2 atom stereocenters. The standard InChI is InChI=1S/C20H25NO2S/c1-15(21-11-12-23-18-7-3-2-4-8-18)20(22)17-9-10-19-16(14-17)6-5-13-24-19/h2-4,7-10,14-15,20-22H,5-6,11-13H2,1H3. The van der Waals surface area contributed by atoms with Crippen LogP contribution in [0.3, 0.4) is 0 Å². The number of aliphatic hydroxyl groups is 1. The number of thioether (sulfide) groups is 1. The van der Waals surface area contributed by atoms with Gasteiger partial charge in [0.15, 0.2) is 0 Å². The summed E-state index contributed by atoms with van der Waals surface area (Å²) in [6, 6.07) is 16.2. The number of rotatable bonds is 7. The Balaban J connectivity index is 1.48. The molecular weight excluding hydrogens is 318 g/mol. The highest BCUT2D eigenvalue weighted by molar-refractivity contribution is 7.99. The van der Waals surface area contributed by atoms with Crippen LogP contribution in [0.25, 0.3) is 0 Å². The first-order valence-electron chi connectivity index (χ1n) is 8.59. The van der Waals surface area contributed by atoms with Crippen molar-refractivity contribution in [3.05, 3.63) is 59.7 Å². The van der Waals surface area contributed by atoms with E-state index in [2.05, 4.69) is 23.5 Å². The van der Waals surface area contributed by atoms with Crippen LogP contribution in [0.1, 0.15) is 30.6 Å². The first-order valence-corrected chi connectivity index (χ1v) is 9.57. The Hall–Kier alpha value is -1.49. The van der Waals surface area contributed by atoms with Gasteiger partial charge in [-0.25, -0.2) is 0 Å². The molecule has 0 radical (unpaired) electrons. The Labute approximate surface area is 148 Å². The average Bonchev–Trinajstić information content (AvgIpc) is 2.65. The molecule has 4 heteroatoms. The van der Waals surface area contributed by atoms with Crippen LogP contribution in [-0.2, 0) is 6.42 Å². The van der Waals surface area contributed by atoms with Crippen molar-refractivity contribution in [2.75, 3.05) is 18.9 Å². The van der Waals surface area contributed by atoms with Crippen molar-refractivity contribution < 1.29 is 9.84 Å². The number of fused-ring (bicyclic) bond motifs is 1. The number of hydrogen-bond acceptors (Lipinski definition) is 4. The van der Waals surface area contributed by atoms with Crippen molar-refractivity contribution in [1.29, 1.82) is 0 Å². The number of aliphatic hydroxyl groups excluding tert-OH is 1. The lowest BCUT2D eigenvalue weighted by atomic mass is 9.99. The molecule has 0 spiro atoms. The minimum Gasteiger partial charge on any atom is -0.492 e. The molecule has 0 amide bonds. The molecule has 1 heterocycles. The van der Waals surface area contributed by atoms with E-state index in [1.54, 1.807) is 0 Å². The molecule has 3 nitrogen and oxygen atoms in total. The molecule has 3 rings (SSSR count). The third kappa shape index (κ3) is 4.53. The smallest absolute Gasteiger partial charge is 0.119 e. The molecule has 0 saturated carbocycles. The van der Waals surface area contributed by atoms with Crippen LogP contribution in [-0.4, -0.2) is 30.1 Å². The predicted molar refractivity (Wildman–Crippen MR) is 99.8 cm³/mol. The van der Waals surface area contributed by atoms with Crippen LogP contribution >= 0.6 is 11.8 Å². The van der Waals surface area contributed by atoms with Gasteiger partial charge in [0, 0.05) is 17.5 Å². The van der Waals surface area contributed by atoms with E-state index in [9.17, 15) is 5.11 Å². The van der Waals surface area contributed by atoms with Crippen molar-refractivity contribution in [2.24, 2.45) is 0 Å². The molecule has 1 aliphatic heterocycles. The highest BCUT2D eigenvalue weighted by Crippen LogP contribution is 2.32. The Morgan fingerprint density at radius 1 is 1.21 bits per heavy atom. The molecule has 24 heavy (non-hydrogen) atoms. The lowest BCUT2D eigenvalue weighted by Crippen LogP contribution is -2.35. The number of nitrogens with one attached hydrogen (secondary N) is 1. The van der Waals surface area contributed by atoms with Gasteiger partial charge in [0.1, 0.15) is 12.4 Å². The van der Waals surface area contributed by atoms with Crippen LogP contribution in [0, 0.1) is 0 Å². The zero-order valence-electron chi connectivity index (χ0n) is 14.1. The van der Waals surface area contributed by atoms with E-state index in [-0.39, 0.29) is 6.04 Å². The summed E-state index contributed by atoms with van der Waals surface area (Å²) < 4.78 is 5.67. The summed E-state index contributed by atoms with van der Waals surface area (Å²) in [6.45, 7) is 3.30. The molecule has 0 saturated heterocycles. The van der Waals surface area contributed by atoms with Gasteiger partial charge in [-0.1, -0.05) is 30.3 Å². The minimum absolute atomic E-state index is 0.0151. The Kier molecular flexibility index (Phi) is 6.18. The maximum absolute atomic E-state index is 10.6. The number of para-hydroxylation sites is 1. The van der Waals surface area contributed by atoms with E-state index in [1.165, 1.54) is 22.6 Å². The molecule has 1 aliphatic rings. The zero-order chi connectivity index (χ0) is 16.8. The van der Waals surface area contributed by atoms with Gasteiger partial charge < -0.3 is 15.2 Å². The molecule has 2 unspecified atom stereocenters. The summed E-state index contributed by atoms with van der Waals surface area (Å²) in [5.74, 6) is 2.08. The largest absolute Gasteiger partial charge is 0.492 e. The van der Waals surface area contributed by atoms with E-state index in [4.69, 9.17) is 4.74 Å². The molecule has 0 aliphatic carbocycles. The van der Waals surface area contributed by atoms with E-state index in [1.807, 2.05) is 49.0 Å². The molecule has 0 fully saturated rings. The van der Waals surface area contributed by atoms with Gasteiger partial charge in [-0.05, 0) is 54.8 Å². The summed E-state index contributed by atoms with van der Waals surface area (Å²) in [6.07, 6.45) is 1.84. The Morgan fingerprint density at radius 2 is 2.04 bits per heavy atom. The molecule has 2 N–H and O–H groups in total. The van der Waals surface area contributed by atoms with Crippen molar-refractivity contribution >= 4 is 11.8 Å². The highest BCUT2D eigenvalue weighted by atomic mass is 32.2. The van der Waals surface area contributed by atoms with E-state index >= 15 is 0 Å². The third-order valence-corrected chi connectivity index (χ3v) is 5.53. The topological polar surface area (TPSA) is 41.5 Å². The second-order valence-corrected chi connectivity index (χ2v) is 7.31. The molecule has 2 aromatic carbocycles. The predicted octanol–water partition coefficient (Wildman–Crippen LogP) is 3.82. The van der Waals surface area contributed by atoms with Gasteiger partial charge in [0.2, 0.25) is 0 Å². The van der Waals surface area contributed by atoms with Gasteiger partial charge in [-0.15, -0.1) is 11.8 Å². The number of hydrogen-bond donors (Lipinski definition) is 2. The van der Waals surface area contributed by atoms with Crippen molar-refractivity contribution in [3.8, 4) is 5.75 Å². The maximum atomic E-state index is 10.6. The maximum Gasteiger partial charge on any atom is 0.119 e. The fraction of sp³-hybridized carbons (Fsp3) is 0.400. The van der Waals surface area contributed by atoms with Crippen LogP contribution in [0.4, 0.5) is 0 Å². The highest BCUT2D eigenvalue weighted by Gasteiger charge is 2.18. The Bertz CT molecular complexity index is 647. The zero-order valence-corrected chi connectivity index (χ0v) is 14.9. The fourth-order valence-electron chi connectivity index (χ4n) is 2.94. The lowest BCUT2D eigenvalue weighted by Gasteiger charge is -2.23. The first kappa shape index (κ1) is 17.3. The second kappa shape index (κ2) is 8.56. The van der Waals surface area contributed by atoms with Crippen molar-refractivity contribution in [3.63, 3.8) is 0 Å². The number of ether oxygens (including phenoxy) is 1. The van der Waals surface area contributed by atoms with Crippen molar-refractivity contribution in [2.45, 2.75) is 36.8 Å². The van der Waals surface area contributed by atoms with Gasteiger partial charge >= 0.3 is 0 Å².